The third-order valence-corrected chi connectivity index (χ3v) is 4.09. The number of alkyl halides is 3. The normalized spacial score (nSPS) is 11.1. The van der Waals surface area contributed by atoms with E-state index in [-0.39, 0.29) is 16.1 Å². The van der Waals surface area contributed by atoms with Gasteiger partial charge in [0, 0.05) is 11.5 Å². The first-order valence-electron chi connectivity index (χ1n) is 7.74. The van der Waals surface area contributed by atoms with Crippen molar-refractivity contribution >= 4 is 27.9 Å². The molecule has 0 radical (unpaired) electrons. The number of amides is 2. The van der Waals surface area contributed by atoms with E-state index in [2.05, 4.69) is 15.3 Å². The fourth-order valence-corrected chi connectivity index (χ4v) is 2.78. The number of rotatable bonds is 5. The molecule has 1 heterocycles. The molecule has 0 fully saturated rings. The van der Waals surface area contributed by atoms with Crippen LogP contribution in [0.15, 0.2) is 30.3 Å². The van der Waals surface area contributed by atoms with Gasteiger partial charge in [-0.2, -0.15) is 35.9 Å². The second-order valence-corrected chi connectivity index (χ2v) is 6.68. The van der Waals surface area contributed by atoms with Crippen LogP contribution in [0.5, 0.6) is 11.8 Å². The molecule has 0 aliphatic rings. The number of carbonyl (C=O) groups is 1. The maximum atomic E-state index is 12.6. The number of hydrogen-bond donors (Lipinski definition) is 2. The van der Waals surface area contributed by atoms with Gasteiger partial charge in [0.2, 0.25) is 17.7 Å². The Bertz CT molecular complexity index is 1090. The van der Waals surface area contributed by atoms with Crippen molar-refractivity contribution in [3.63, 3.8) is 0 Å². The number of ether oxygens (including phenoxy) is 2. The van der Waals surface area contributed by atoms with Gasteiger partial charge in [-0.15, -0.1) is 0 Å². The lowest BCUT2D eigenvalue weighted by Gasteiger charge is -2.21. The van der Waals surface area contributed by atoms with Gasteiger partial charge in [-0.05, 0) is 12.1 Å². The van der Waals surface area contributed by atoms with E-state index in [1.165, 1.54) is 32.4 Å². The summed E-state index contributed by atoms with van der Waals surface area (Å²) in [6.07, 6.45) is -4.84. The molecule has 0 saturated heterocycles. The summed E-state index contributed by atoms with van der Waals surface area (Å²) in [6, 6.07) is 4.63. The number of nitrogens with zero attached hydrogens (tertiary/aromatic N) is 3. The highest BCUT2D eigenvalue weighted by molar-refractivity contribution is 7.91. The zero-order valence-electron chi connectivity index (χ0n) is 15.4. The van der Waals surface area contributed by atoms with Crippen LogP contribution in [-0.4, -0.2) is 44.8 Å². The molecule has 0 unspecified atom stereocenters. The number of hydrogen-bond acceptors (Lipinski definition) is 7. The standard InChI is InChI=1S/C16H14F3N5O5S/c1-28-12-9-13(29-2)22-14(21-12)23-15(25)24(30(20,26)27)11-6-4-3-5-10(11)7-8-16(17,18)19/h3-6,9H,1-2H3,(H2,20,26,27)(H,21,22,23,25). The molecule has 0 atom stereocenters. The Hall–Kier alpha value is -3.57. The number of anilines is 2. The Morgan fingerprint density at radius 2 is 1.73 bits per heavy atom. The first-order valence-corrected chi connectivity index (χ1v) is 9.25. The molecule has 0 bridgehead atoms. The van der Waals surface area contributed by atoms with E-state index >= 15 is 0 Å². The zero-order chi connectivity index (χ0) is 22.5. The van der Waals surface area contributed by atoms with Gasteiger partial charge in [0.25, 0.3) is 0 Å². The molecular formula is C16H14F3N5O5S. The van der Waals surface area contributed by atoms with E-state index < -0.39 is 39.6 Å². The molecule has 2 aromatic rings. The largest absolute Gasteiger partial charge is 0.481 e. The van der Waals surface area contributed by atoms with Crippen LogP contribution >= 0.6 is 0 Å². The van der Waals surface area contributed by atoms with Gasteiger partial charge in [-0.1, -0.05) is 18.1 Å². The van der Waals surface area contributed by atoms with Crippen molar-refractivity contribution in [3.05, 3.63) is 35.9 Å². The first kappa shape index (κ1) is 22.7. The fraction of sp³-hybridized carbons (Fsp3) is 0.188. The third kappa shape index (κ3) is 5.96. The molecule has 0 spiro atoms. The lowest BCUT2D eigenvalue weighted by molar-refractivity contribution is -0.0696. The van der Waals surface area contributed by atoms with Gasteiger partial charge in [0.05, 0.1) is 26.0 Å². The minimum absolute atomic E-state index is 0.0178. The molecule has 1 aromatic carbocycles. The summed E-state index contributed by atoms with van der Waals surface area (Å²) in [7, 11) is -2.24. The molecule has 160 valence electrons. The average molecular weight is 445 g/mol. The number of benzene rings is 1. The number of aromatic nitrogens is 2. The van der Waals surface area contributed by atoms with E-state index in [1.807, 2.05) is 0 Å². The van der Waals surface area contributed by atoms with Crippen molar-refractivity contribution in [3.8, 4) is 23.6 Å². The van der Waals surface area contributed by atoms with Gasteiger partial charge in [0.1, 0.15) is 0 Å². The number of halogens is 3. The fourth-order valence-electron chi connectivity index (χ4n) is 2.07. The van der Waals surface area contributed by atoms with Crippen molar-refractivity contribution in [2.45, 2.75) is 6.18 Å². The lowest BCUT2D eigenvalue weighted by atomic mass is 10.2. The van der Waals surface area contributed by atoms with Gasteiger partial charge in [-0.25, -0.2) is 9.93 Å². The molecular weight excluding hydrogens is 431 g/mol. The van der Waals surface area contributed by atoms with Gasteiger partial charge in [0.15, 0.2) is 0 Å². The zero-order valence-corrected chi connectivity index (χ0v) is 16.2. The Morgan fingerprint density at radius 1 is 1.17 bits per heavy atom. The second kappa shape index (κ2) is 8.84. The summed E-state index contributed by atoms with van der Waals surface area (Å²) in [5.74, 6) is 2.33. The molecule has 14 heteroatoms. The van der Waals surface area contributed by atoms with E-state index in [0.29, 0.717) is 0 Å². The highest BCUT2D eigenvalue weighted by Crippen LogP contribution is 2.24. The molecule has 0 saturated carbocycles. The van der Waals surface area contributed by atoms with Crippen LogP contribution in [0.2, 0.25) is 0 Å². The third-order valence-electron chi connectivity index (χ3n) is 3.22. The minimum Gasteiger partial charge on any atom is -0.481 e. The highest BCUT2D eigenvalue weighted by Gasteiger charge is 2.29. The summed E-state index contributed by atoms with van der Waals surface area (Å²) < 4.78 is 71.3. The number of nitrogens with two attached hydrogens (primary N) is 1. The van der Waals surface area contributed by atoms with Crippen LogP contribution in [0.25, 0.3) is 0 Å². The van der Waals surface area contributed by atoms with Crippen molar-refractivity contribution in [1.29, 1.82) is 0 Å². The summed E-state index contributed by atoms with van der Waals surface area (Å²) in [4.78, 5) is 20.2. The van der Waals surface area contributed by atoms with Gasteiger partial charge >= 0.3 is 22.4 Å². The van der Waals surface area contributed by atoms with Gasteiger partial charge < -0.3 is 9.47 Å². The predicted molar refractivity (Wildman–Crippen MR) is 99.1 cm³/mol. The Kier molecular flexibility index (Phi) is 6.70. The van der Waals surface area contributed by atoms with Crippen LogP contribution in [-0.2, 0) is 10.2 Å². The van der Waals surface area contributed by atoms with Crippen molar-refractivity contribution < 1.29 is 35.9 Å². The lowest BCUT2D eigenvalue weighted by Crippen LogP contribution is -2.44. The summed E-state index contributed by atoms with van der Waals surface area (Å²) >= 11 is 0. The summed E-state index contributed by atoms with van der Waals surface area (Å²) in [5.41, 5.74) is -0.924. The Labute approximate surface area is 169 Å². The number of methoxy groups -OCH3 is 2. The van der Waals surface area contributed by atoms with Crippen LogP contribution < -0.4 is 24.2 Å². The minimum atomic E-state index is -4.84. The molecule has 10 nitrogen and oxygen atoms in total. The molecule has 2 amide bonds. The Morgan fingerprint density at radius 3 is 2.23 bits per heavy atom. The van der Waals surface area contributed by atoms with Crippen LogP contribution in [0.4, 0.5) is 29.6 Å². The van der Waals surface area contributed by atoms with E-state index in [9.17, 15) is 26.4 Å². The maximum absolute atomic E-state index is 12.6. The van der Waals surface area contributed by atoms with Crippen LogP contribution in [0.1, 0.15) is 5.56 Å². The number of urea groups is 1. The average Bonchev–Trinajstić information content (AvgIpc) is 2.65. The number of nitrogens with one attached hydrogen (secondary N) is 1. The van der Waals surface area contributed by atoms with Crippen molar-refractivity contribution in [2.75, 3.05) is 23.8 Å². The molecule has 1 aromatic heterocycles. The SMILES string of the molecule is COc1cc(OC)nc(NC(=O)N(c2ccccc2C#CC(F)(F)F)S(N)(=O)=O)n1. The van der Waals surface area contributed by atoms with Gasteiger partial charge in [-0.3, -0.25) is 5.32 Å². The number of para-hydroxylation sites is 1. The van der Waals surface area contributed by atoms with E-state index in [1.54, 1.807) is 5.92 Å². The molecule has 0 aliphatic carbocycles. The monoisotopic (exact) mass is 445 g/mol. The second-order valence-electron chi connectivity index (χ2n) is 5.28. The smallest absolute Gasteiger partial charge is 0.458 e. The summed E-state index contributed by atoms with van der Waals surface area (Å²) in [6.45, 7) is 0. The quantitative estimate of drug-likeness (QED) is 0.668. The maximum Gasteiger partial charge on any atom is 0.458 e. The Balaban J connectivity index is 2.51. The highest BCUT2D eigenvalue weighted by atomic mass is 32.2. The first-order chi connectivity index (χ1) is 13.9. The van der Waals surface area contributed by atoms with Crippen LogP contribution in [0.3, 0.4) is 0 Å². The molecule has 0 aliphatic heterocycles. The predicted octanol–water partition coefficient (Wildman–Crippen LogP) is 1.65. The molecule has 3 N–H and O–H groups in total. The number of carbonyl (C=O) groups excluding carboxylic acids is 1. The van der Waals surface area contributed by atoms with Crippen molar-refractivity contribution in [2.24, 2.45) is 5.14 Å². The topological polar surface area (TPSA) is 137 Å². The van der Waals surface area contributed by atoms with E-state index in [4.69, 9.17) is 14.6 Å². The molecule has 2 rings (SSSR count). The van der Waals surface area contributed by atoms with E-state index in [0.717, 1.165) is 18.1 Å². The van der Waals surface area contributed by atoms with Crippen LogP contribution in [0, 0.1) is 11.8 Å². The van der Waals surface area contributed by atoms with Crippen molar-refractivity contribution in [1.82, 2.24) is 9.97 Å². The molecule has 30 heavy (non-hydrogen) atoms. The summed E-state index contributed by atoms with van der Waals surface area (Å²) in [5, 5.41) is 7.18.